The maximum absolute atomic E-state index is 11.4. The second-order valence-electron chi connectivity index (χ2n) is 4.13. The number of esters is 1. The van der Waals surface area contributed by atoms with Crippen LogP contribution in [0.25, 0.3) is 0 Å². The van der Waals surface area contributed by atoms with E-state index in [1.807, 2.05) is 26.0 Å². The van der Waals surface area contributed by atoms with E-state index in [0.29, 0.717) is 0 Å². The zero-order chi connectivity index (χ0) is 13.0. The molecule has 0 saturated carbocycles. The Labute approximate surface area is 111 Å². The van der Waals surface area contributed by atoms with Crippen LogP contribution in [0.4, 0.5) is 0 Å². The van der Waals surface area contributed by atoms with Gasteiger partial charge in [-0.3, -0.25) is 4.79 Å². The Morgan fingerprint density at radius 2 is 2.06 bits per heavy atom. The molecule has 0 aliphatic rings. The SMILES string of the molecule is COC(=O)C(C)C(C)NC(C)c1ccc(Cl)s1. The summed E-state index contributed by atoms with van der Waals surface area (Å²) in [5.41, 5.74) is 0. The highest BCUT2D eigenvalue weighted by molar-refractivity contribution is 7.16. The number of ether oxygens (including phenoxy) is 1. The van der Waals surface area contributed by atoms with E-state index in [2.05, 4.69) is 12.2 Å². The molecular weight excluding hydrogens is 258 g/mol. The van der Waals surface area contributed by atoms with Gasteiger partial charge < -0.3 is 10.1 Å². The first-order valence-electron chi connectivity index (χ1n) is 5.54. The van der Waals surface area contributed by atoms with Crippen molar-refractivity contribution in [2.45, 2.75) is 32.9 Å². The molecule has 0 spiro atoms. The number of nitrogens with one attached hydrogen (secondary N) is 1. The van der Waals surface area contributed by atoms with Crippen molar-refractivity contribution in [2.75, 3.05) is 7.11 Å². The Morgan fingerprint density at radius 1 is 1.41 bits per heavy atom. The summed E-state index contributed by atoms with van der Waals surface area (Å²) in [5.74, 6) is -0.362. The van der Waals surface area contributed by atoms with Crippen LogP contribution in [0.5, 0.6) is 0 Å². The zero-order valence-electron chi connectivity index (χ0n) is 10.5. The van der Waals surface area contributed by atoms with Gasteiger partial charge >= 0.3 is 5.97 Å². The minimum Gasteiger partial charge on any atom is -0.469 e. The summed E-state index contributed by atoms with van der Waals surface area (Å²) >= 11 is 7.44. The lowest BCUT2D eigenvalue weighted by Crippen LogP contribution is -2.38. The van der Waals surface area contributed by atoms with Crippen molar-refractivity contribution in [3.63, 3.8) is 0 Å². The first-order chi connectivity index (χ1) is 7.95. The van der Waals surface area contributed by atoms with Crippen LogP contribution in [0.15, 0.2) is 12.1 Å². The van der Waals surface area contributed by atoms with E-state index in [4.69, 9.17) is 16.3 Å². The predicted molar refractivity (Wildman–Crippen MR) is 71.5 cm³/mol. The maximum atomic E-state index is 11.4. The van der Waals surface area contributed by atoms with Gasteiger partial charge in [-0.25, -0.2) is 0 Å². The topological polar surface area (TPSA) is 38.3 Å². The molecule has 3 atom stereocenters. The summed E-state index contributed by atoms with van der Waals surface area (Å²) in [7, 11) is 1.41. The van der Waals surface area contributed by atoms with Crippen molar-refractivity contribution in [3.05, 3.63) is 21.3 Å². The van der Waals surface area contributed by atoms with Crippen molar-refractivity contribution in [1.82, 2.24) is 5.32 Å². The Kier molecular flexibility index (Phi) is 5.43. The third kappa shape index (κ3) is 3.98. The molecule has 0 aliphatic carbocycles. The first kappa shape index (κ1) is 14.5. The van der Waals surface area contributed by atoms with Gasteiger partial charge in [0.25, 0.3) is 0 Å². The molecule has 1 heterocycles. The number of hydrogen-bond acceptors (Lipinski definition) is 4. The van der Waals surface area contributed by atoms with Gasteiger partial charge in [0.1, 0.15) is 0 Å². The third-order valence-electron chi connectivity index (χ3n) is 2.86. The number of thiophene rings is 1. The van der Waals surface area contributed by atoms with E-state index in [1.165, 1.54) is 12.0 Å². The summed E-state index contributed by atoms with van der Waals surface area (Å²) in [6.45, 7) is 5.90. The highest BCUT2D eigenvalue weighted by Gasteiger charge is 2.22. The van der Waals surface area contributed by atoms with Crippen molar-refractivity contribution in [3.8, 4) is 0 Å². The van der Waals surface area contributed by atoms with Crippen LogP contribution in [-0.2, 0) is 9.53 Å². The molecule has 3 nitrogen and oxygen atoms in total. The monoisotopic (exact) mass is 275 g/mol. The molecule has 0 amide bonds. The van der Waals surface area contributed by atoms with E-state index in [0.717, 1.165) is 4.34 Å². The van der Waals surface area contributed by atoms with Gasteiger partial charge in [0.15, 0.2) is 0 Å². The van der Waals surface area contributed by atoms with Crippen molar-refractivity contribution < 1.29 is 9.53 Å². The summed E-state index contributed by atoms with van der Waals surface area (Å²) < 4.78 is 5.51. The average molecular weight is 276 g/mol. The molecule has 5 heteroatoms. The quantitative estimate of drug-likeness (QED) is 0.839. The number of rotatable bonds is 5. The molecule has 1 aromatic heterocycles. The summed E-state index contributed by atoms with van der Waals surface area (Å²) in [6, 6.07) is 4.11. The van der Waals surface area contributed by atoms with Crippen LogP contribution in [0.2, 0.25) is 4.34 Å². The van der Waals surface area contributed by atoms with Crippen LogP contribution >= 0.6 is 22.9 Å². The lowest BCUT2D eigenvalue weighted by molar-refractivity contribution is -0.145. The minimum absolute atomic E-state index is 0.0540. The van der Waals surface area contributed by atoms with Crippen LogP contribution in [-0.4, -0.2) is 19.1 Å². The molecule has 96 valence electrons. The highest BCUT2D eigenvalue weighted by atomic mass is 35.5. The fourth-order valence-electron chi connectivity index (χ4n) is 1.57. The predicted octanol–water partition coefficient (Wildman–Crippen LogP) is 3.25. The van der Waals surface area contributed by atoms with Gasteiger partial charge in [0, 0.05) is 17.0 Å². The number of carbonyl (C=O) groups excluding carboxylic acids is 1. The number of methoxy groups -OCH3 is 1. The van der Waals surface area contributed by atoms with Gasteiger partial charge in [-0.2, -0.15) is 0 Å². The number of carbonyl (C=O) groups is 1. The second kappa shape index (κ2) is 6.38. The smallest absolute Gasteiger partial charge is 0.309 e. The Bertz CT molecular complexity index is 380. The molecule has 0 bridgehead atoms. The molecule has 0 saturated heterocycles. The van der Waals surface area contributed by atoms with Crippen LogP contribution in [0.1, 0.15) is 31.7 Å². The maximum Gasteiger partial charge on any atom is 0.309 e. The highest BCUT2D eigenvalue weighted by Crippen LogP contribution is 2.27. The molecule has 1 aromatic rings. The van der Waals surface area contributed by atoms with Gasteiger partial charge in [0.2, 0.25) is 0 Å². The third-order valence-corrected chi connectivity index (χ3v) is 4.27. The van der Waals surface area contributed by atoms with Gasteiger partial charge in [0.05, 0.1) is 17.4 Å². The molecule has 0 aromatic carbocycles. The van der Waals surface area contributed by atoms with E-state index >= 15 is 0 Å². The van der Waals surface area contributed by atoms with Crippen molar-refractivity contribution in [2.24, 2.45) is 5.92 Å². The van der Waals surface area contributed by atoms with E-state index < -0.39 is 0 Å². The molecule has 1 rings (SSSR count). The summed E-state index contributed by atoms with van der Waals surface area (Å²) in [5, 5.41) is 3.38. The lowest BCUT2D eigenvalue weighted by Gasteiger charge is -2.23. The first-order valence-corrected chi connectivity index (χ1v) is 6.74. The molecule has 1 N–H and O–H groups in total. The molecule has 0 fully saturated rings. The van der Waals surface area contributed by atoms with E-state index in [9.17, 15) is 4.79 Å². The minimum atomic E-state index is -0.193. The number of hydrogen-bond donors (Lipinski definition) is 1. The standard InChI is InChI=1S/C12H18ClNO2S/c1-7(12(15)16-4)8(2)14-9(3)10-5-6-11(13)17-10/h5-9,14H,1-4H3. The fourth-order valence-corrected chi connectivity index (χ4v) is 2.64. The van der Waals surface area contributed by atoms with Crippen molar-refractivity contribution >= 4 is 28.9 Å². The fraction of sp³-hybridized carbons (Fsp3) is 0.583. The summed E-state index contributed by atoms with van der Waals surface area (Å²) in [4.78, 5) is 12.6. The Morgan fingerprint density at radius 3 is 2.53 bits per heavy atom. The largest absolute Gasteiger partial charge is 0.469 e. The molecule has 3 unspecified atom stereocenters. The molecule has 0 aliphatic heterocycles. The van der Waals surface area contributed by atoms with Gasteiger partial charge in [-0.05, 0) is 26.0 Å². The molecular formula is C12H18ClNO2S. The van der Waals surface area contributed by atoms with E-state index in [1.54, 1.807) is 11.3 Å². The van der Waals surface area contributed by atoms with Crippen LogP contribution in [0.3, 0.4) is 0 Å². The van der Waals surface area contributed by atoms with Gasteiger partial charge in [-0.1, -0.05) is 18.5 Å². The molecule has 17 heavy (non-hydrogen) atoms. The van der Waals surface area contributed by atoms with Gasteiger partial charge in [-0.15, -0.1) is 11.3 Å². The van der Waals surface area contributed by atoms with E-state index in [-0.39, 0.29) is 24.0 Å². The average Bonchev–Trinajstić information content (AvgIpc) is 2.73. The Hall–Kier alpha value is -0.580. The zero-order valence-corrected chi connectivity index (χ0v) is 12.1. The molecule has 0 radical (unpaired) electrons. The lowest BCUT2D eigenvalue weighted by atomic mass is 10.0. The van der Waals surface area contributed by atoms with Crippen molar-refractivity contribution in [1.29, 1.82) is 0 Å². The normalized spacial score (nSPS) is 16.3. The summed E-state index contributed by atoms with van der Waals surface area (Å²) in [6.07, 6.45) is 0. The Balaban J connectivity index is 2.56. The second-order valence-corrected chi connectivity index (χ2v) is 5.88. The van der Waals surface area contributed by atoms with Crippen LogP contribution < -0.4 is 5.32 Å². The van der Waals surface area contributed by atoms with Crippen LogP contribution in [0, 0.1) is 5.92 Å². The number of halogens is 1.